The molecular formula is C19H22ClNO2. The van der Waals surface area contributed by atoms with E-state index in [1.165, 1.54) is 0 Å². The molecule has 0 bridgehead atoms. The molecule has 0 unspecified atom stereocenters. The van der Waals surface area contributed by atoms with Crippen molar-refractivity contribution in [3.63, 3.8) is 0 Å². The fourth-order valence-electron chi connectivity index (χ4n) is 1.93. The van der Waals surface area contributed by atoms with Gasteiger partial charge in [0.25, 0.3) is 0 Å². The standard InChI is InChI=1S/C19H22ClNO2/c1-19(2,14-20)18(22)21-12-15-8-10-17(11-9-15)23-13-16-6-4-3-5-7-16/h3-11H,12-14H2,1-2H3,(H,21,22). The van der Waals surface area contributed by atoms with Crippen molar-refractivity contribution >= 4 is 17.5 Å². The molecule has 3 nitrogen and oxygen atoms in total. The normalized spacial score (nSPS) is 11.1. The largest absolute Gasteiger partial charge is 0.489 e. The molecule has 0 heterocycles. The second-order valence-corrected chi connectivity index (χ2v) is 6.39. The molecule has 2 rings (SSSR count). The van der Waals surface area contributed by atoms with E-state index in [4.69, 9.17) is 16.3 Å². The number of alkyl halides is 1. The summed E-state index contributed by atoms with van der Waals surface area (Å²) in [4.78, 5) is 12.0. The number of carbonyl (C=O) groups excluding carboxylic acids is 1. The van der Waals surface area contributed by atoms with Gasteiger partial charge in [-0.2, -0.15) is 0 Å². The van der Waals surface area contributed by atoms with E-state index in [1.54, 1.807) is 0 Å². The molecule has 23 heavy (non-hydrogen) atoms. The van der Waals surface area contributed by atoms with E-state index in [9.17, 15) is 4.79 Å². The van der Waals surface area contributed by atoms with E-state index < -0.39 is 5.41 Å². The number of benzene rings is 2. The van der Waals surface area contributed by atoms with Crippen LogP contribution in [0.2, 0.25) is 0 Å². The summed E-state index contributed by atoms with van der Waals surface area (Å²) in [6.45, 7) is 4.69. The van der Waals surface area contributed by atoms with Gasteiger partial charge < -0.3 is 10.1 Å². The van der Waals surface area contributed by atoms with Crippen molar-refractivity contribution < 1.29 is 9.53 Å². The zero-order valence-electron chi connectivity index (χ0n) is 13.5. The lowest BCUT2D eigenvalue weighted by Crippen LogP contribution is -2.37. The molecule has 0 saturated carbocycles. The van der Waals surface area contributed by atoms with Gasteiger partial charge in [-0.25, -0.2) is 0 Å². The zero-order chi connectivity index (χ0) is 16.7. The first kappa shape index (κ1) is 17.4. The Morgan fingerprint density at radius 1 is 1.04 bits per heavy atom. The molecule has 0 atom stereocenters. The minimum atomic E-state index is -0.555. The fraction of sp³-hybridized carbons (Fsp3) is 0.316. The molecule has 1 amide bonds. The van der Waals surface area contributed by atoms with Crippen LogP contribution in [0.4, 0.5) is 0 Å². The third-order valence-corrected chi connectivity index (χ3v) is 4.24. The molecule has 0 aliphatic rings. The van der Waals surface area contributed by atoms with E-state index in [0.29, 0.717) is 19.0 Å². The van der Waals surface area contributed by atoms with Gasteiger partial charge in [-0.1, -0.05) is 42.5 Å². The van der Waals surface area contributed by atoms with Crippen LogP contribution in [-0.2, 0) is 17.9 Å². The number of halogens is 1. The number of ether oxygens (including phenoxy) is 1. The van der Waals surface area contributed by atoms with Crippen LogP contribution in [0.25, 0.3) is 0 Å². The summed E-state index contributed by atoms with van der Waals surface area (Å²) in [5.41, 5.74) is 1.60. The minimum absolute atomic E-state index is 0.0445. The molecule has 2 aromatic carbocycles. The fourth-order valence-corrected chi connectivity index (χ4v) is 2.05. The average Bonchev–Trinajstić information content (AvgIpc) is 2.59. The Labute approximate surface area is 142 Å². The van der Waals surface area contributed by atoms with Crippen LogP contribution in [0.15, 0.2) is 54.6 Å². The minimum Gasteiger partial charge on any atom is -0.489 e. The Bertz CT molecular complexity index is 624. The van der Waals surface area contributed by atoms with E-state index >= 15 is 0 Å². The lowest BCUT2D eigenvalue weighted by atomic mass is 9.95. The molecule has 0 aliphatic carbocycles. The number of carbonyl (C=O) groups is 1. The van der Waals surface area contributed by atoms with Crippen molar-refractivity contribution in [2.24, 2.45) is 5.41 Å². The second-order valence-electron chi connectivity index (χ2n) is 6.12. The zero-order valence-corrected chi connectivity index (χ0v) is 14.3. The van der Waals surface area contributed by atoms with Crippen LogP contribution in [0.3, 0.4) is 0 Å². The molecule has 122 valence electrons. The van der Waals surface area contributed by atoms with Crippen LogP contribution in [-0.4, -0.2) is 11.8 Å². The summed E-state index contributed by atoms with van der Waals surface area (Å²) in [7, 11) is 0. The van der Waals surface area contributed by atoms with Crippen LogP contribution in [0.5, 0.6) is 5.75 Å². The van der Waals surface area contributed by atoms with Gasteiger partial charge in [-0.3, -0.25) is 4.79 Å². The van der Waals surface area contributed by atoms with Crippen molar-refractivity contribution in [1.82, 2.24) is 5.32 Å². The highest BCUT2D eigenvalue weighted by molar-refractivity contribution is 6.19. The SMILES string of the molecule is CC(C)(CCl)C(=O)NCc1ccc(OCc2ccccc2)cc1. The number of amides is 1. The highest BCUT2D eigenvalue weighted by Crippen LogP contribution is 2.18. The summed E-state index contributed by atoms with van der Waals surface area (Å²) < 4.78 is 5.74. The first-order valence-corrected chi connectivity index (χ1v) is 8.14. The van der Waals surface area contributed by atoms with Gasteiger partial charge in [-0.15, -0.1) is 11.6 Å². The Morgan fingerprint density at radius 3 is 2.30 bits per heavy atom. The van der Waals surface area contributed by atoms with Crippen molar-refractivity contribution in [1.29, 1.82) is 0 Å². The molecule has 0 aromatic heterocycles. The first-order chi connectivity index (χ1) is 11.0. The molecular weight excluding hydrogens is 310 g/mol. The smallest absolute Gasteiger partial charge is 0.227 e. The van der Waals surface area contributed by atoms with Crippen molar-refractivity contribution in [3.8, 4) is 5.75 Å². The number of nitrogens with one attached hydrogen (secondary N) is 1. The Morgan fingerprint density at radius 2 is 1.70 bits per heavy atom. The van der Waals surface area contributed by atoms with Crippen molar-refractivity contribution in [2.75, 3.05) is 5.88 Å². The van der Waals surface area contributed by atoms with E-state index in [0.717, 1.165) is 16.9 Å². The molecule has 0 saturated heterocycles. The monoisotopic (exact) mass is 331 g/mol. The second kappa shape index (κ2) is 8.02. The van der Waals surface area contributed by atoms with Gasteiger partial charge in [0.05, 0.1) is 5.41 Å². The van der Waals surface area contributed by atoms with Gasteiger partial charge in [0.2, 0.25) is 5.91 Å². The lowest BCUT2D eigenvalue weighted by Gasteiger charge is -2.20. The number of hydrogen-bond acceptors (Lipinski definition) is 2. The first-order valence-electron chi connectivity index (χ1n) is 7.61. The third kappa shape index (κ3) is 5.29. The van der Waals surface area contributed by atoms with Crippen LogP contribution in [0.1, 0.15) is 25.0 Å². The predicted molar refractivity (Wildman–Crippen MR) is 93.6 cm³/mol. The van der Waals surface area contributed by atoms with Gasteiger partial charge >= 0.3 is 0 Å². The van der Waals surface area contributed by atoms with Crippen LogP contribution >= 0.6 is 11.6 Å². The molecule has 0 fully saturated rings. The van der Waals surface area contributed by atoms with Gasteiger partial charge in [-0.05, 0) is 37.1 Å². The third-order valence-electron chi connectivity index (χ3n) is 3.57. The maximum Gasteiger partial charge on any atom is 0.227 e. The summed E-state index contributed by atoms with van der Waals surface area (Å²) in [6, 6.07) is 17.8. The summed E-state index contributed by atoms with van der Waals surface area (Å²) >= 11 is 5.80. The van der Waals surface area contributed by atoms with E-state index in [2.05, 4.69) is 5.32 Å². The van der Waals surface area contributed by atoms with E-state index in [1.807, 2.05) is 68.4 Å². The van der Waals surface area contributed by atoms with Crippen molar-refractivity contribution in [3.05, 3.63) is 65.7 Å². The molecule has 0 radical (unpaired) electrons. The summed E-state index contributed by atoms with van der Waals surface area (Å²) in [5, 5.41) is 2.90. The molecule has 4 heteroatoms. The molecule has 0 spiro atoms. The maximum absolute atomic E-state index is 12.0. The predicted octanol–water partition coefficient (Wildman–Crippen LogP) is 4.15. The molecule has 2 aromatic rings. The Hall–Kier alpha value is -2.00. The highest BCUT2D eigenvalue weighted by Gasteiger charge is 2.25. The van der Waals surface area contributed by atoms with Gasteiger partial charge in [0.1, 0.15) is 12.4 Å². The quantitative estimate of drug-likeness (QED) is 0.774. The van der Waals surface area contributed by atoms with Crippen LogP contribution in [0, 0.1) is 5.41 Å². The number of hydrogen-bond donors (Lipinski definition) is 1. The average molecular weight is 332 g/mol. The van der Waals surface area contributed by atoms with Gasteiger partial charge in [0, 0.05) is 12.4 Å². The summed E-state index contributed by atoms with van der Waals surface area (Å²) in [6.07, 6.45) is 0. The molecule has 1 N–H and O–H groups in total. The topological polar surface area (TPSA) is 38.3 Å². The van der Waals surface area contributed by atoms with E-state index in [-0.39, 0.29) is 5.91 Å². The Balaban J connectivity index is 1.84. The molecule has 0 aliphatic heterocycles. The maximum atomic E-state index is 12.0. The Kier molecular flexibility index (Phi) is 6.05. The van der Waals surface area contributed by atoms with Crippen molar-refractivity contribution in [2.45, 2.75) is 27.0 Å². The summed E-state index contributed by atoms with van der Waals surface area (Å²) in [5.74, 6) is 1.06. The highest BCUT2D eigenvalue weighted by atomic mass is 35.5. The van der Waals surface area contributed by atoms with Gasteiger partial charge in [0.15, 0.2) is 0 Å². The number of rotatable bonds is 7. The van der Waals surface area contributed by atoms with Crippen LogP contribution < -0.4 is 10.1 Å². The lowest BCUT2D eigenvalue weighted by molar-refractivity contribution is -0.128.